The second-order valence-corrected chi connectivity index (χ2v) is 7.37. The molecule has 5 aromatic rings. The first-order valence-electron chi connectivity index (χ1n) is 9.55. The maximum Gasteiger partial charge on any atom is 0.141 e. The molecule has 0 atom stereocenters. The Bertz CT molecular complexity index is 1360. The van der Waals surface area contributed by atoms with Crippen LogP contribution in [0.3, 0.4) is 0 Å². The number of H-pyrrole nitrogens is 1. The van der Waals surface area contributed by atoms with Crippen LogP contribution >= 0.6 is 0 Å². The van der Waals surface area contributed by atoms with E-state index in [1.54, 1.807) is 7.11 Å². The van der Waals surface area contributed by atoms with E-state index < -0.39 is 0 Å². The van der Waals surface area contributed by atoms with E-state index in [9.17, 15) is 0 Å². The quantitative estimate of drug-likeness (QED) is 0.417. The highest BCUT2D eigenvalue weighted by atomic mass is 16.5. The van der Waals surface area contributed by atoms with E-state index in [4.69, 9.17) is 14.2 Å². The Morgan fingerprint density at radius 2 is 1.86 bits per heavy atom. The number of nitrogens with zero attached hydrogens (tertiary/aromatic N) is 2. The van der Waals surface area contributed by atoms with Crippen molar-refractivity contribution in [3.63, 3.8) is 0 Å². The lowest BCUT2D eigenvalue weighted by Gasteiger charge is -2.09. The van der Waals surface area contributed by atoms with Crippen molar-refractivity contribution in [3.05, 3.63) is 65.7 Å². The molecular weight excluding hydrogens is 362 g/mol. The van der Waals surface area contributed by atoms with Crippen molar-refractivity contribution >= 4 is 21.8 Å². The minimum absolute atomic E-state index is 0.776. The van der Waals surface area contributed by atoms with Gasteiger partial charge in [0, 0.05) is 33.6 Å². The zero-order valence-electron chi connectivity index (χ0n) is 16.8. The number of hydrogen-bond acceptors (Lipinski definition) is 4. The first kappa shape index (κ1) is 17.5. The van der Waals surface area contributed by atoms with E-state index in [2.05, 4.69) is 53.5 Å². The molecule has 3 heterocycles. The normalized spacial score (nSPS) is 11.4. The second kappa shape index (κ2) is 6.48. The summed E-state index contributed by atoms with van der Waals surface area (Å²) in [7, 11) is 1.69. The highest BCUT2D eigenvalue weighted by Gasteiger charge is 2.20. The number of rotatable bonds is 3. The molecule has 5 heteroatoms. The Morgan fingerprint density at radius 1 is 1.00 bits per heavy atom. The lowest BCUT2D eigenvalue weighted by Crippen LogP contribution is -1.90. The molecule has 0 aliphatic carbocycles. The van der Waals surface area contributed by atoms with Crippen molar-refractivity contribution in [2.75, 3.05) is 7.11 Å². The monoisotopic (exact) mass is 383 g/mol. The van der Waals surface area contributed by atoms with Crippen LogP contribution in [0.15, 0.2) is 53.2 Å². The maximum atomic E-state index is 5.77. The van der Waals surface area contributed by atoms with Crippen LogP contribution in [0.1, 0.15) is 17.0 Å². The van der Waals surface area contributed by atoms with E-state index in [0.29, 0.717) is 0 Å². The lowest BCUT2D eigenvalue weighted by atomic mass is 9.99. The molecule has 5 rings (SSSR count). The van der Waals surface area contributed by atoms with Crippen LogP contribution in [-0.4, -0.2) is 22.2 Å². The van der Waals surface area contributed by atoms with Crippen LogP contribution in [0.4, 0.5) is 0 Å². The summed E-state index contributed by atoms with van der Waals surface area (Å²) >= 11 is 0. The molecule has 0 aliphatic heterocycles. The first-order valence-corrected chi connectivity index (χ1v) is 9.55. The molecule has 0 radical (unpaired) electrons. The number of aromatic amines is 1. The summed E-state index contributed by atoms with van der Waals surface area (Å²) in [6, 6.07) is 14.6. The molecule has 0 saturated heterocycles. The summed E-state index contributed by atoms with van der Waals surface area (Å²) < 4.78 is 11.1. The molecule has 144 valence electrons. The molecule has 0 fully saturated rings. The largest absolute Gasteiger partial charge is 0.496 e. The Hall–Kier alpha value is -3.60. The number of fused-ring (bicyclic) bond motifs is 3. The number of ether oxygens (including phenoxy) is 1. The van der Waals surface area contributed by atoms with Crippen molar-refractivity contribution < 1.29 is 9.26 Å². The van der Waals surface area contributed by atoms with Crippen LogP contribution in [-0.2, 0) is 0 Å². The molecule has 3 aromatic heterocycles. The molecule has 0 unspecified atom stereocenters. The van der Waals surface area contributed by atoms with E-state index in [-0.39, 0.29) is 0 Å². The van der Waals surface area contributed by atoms with Gasteiger partial charge in [-0.25, -0.2) is 0 Å². The lowest BCUT2D eigenvalue weighted by molar-refractivity contribution is 0.393. The Kier molecular flexibility index (Phi) is 3.91. The fourth-order valence-electron chi connectivity index (χ4n) is 4.12. The molecule has 0 amide bonds. The van der Waals surface area contributed by atoms with Gasteiger partial charge in [0.15, 0.2) is 0 Å². The molecule has 0 bridgehead atoms. The van der Waals surface area contributed by atoms with Gasteiger partial charge < -0.3 is 14.2 Å². The highest BCUT2D eigenvalue weighted by molar-refractivity contribution is 6.14. The standard InChI is InChI=1S/C24H21N3O2/c1-13-6-5-7-16(10-13)24-23-17-12-21(28-4)18(22-14(2)27-29-15(22)3)11-20(17)26-19(23)8-9-25-24/h5-12,26H,1-4H3. The minimum Gasteiger partial charge on any atom is -0.496 e. The van der Waals surface area contributed by atoms with Crippen molar-refractivity contribution in [2.24, 2.45) is 0 Å². The number of benzene rings is 2. The number of aromatic nitrogens is 3. The predicted molar refractivity (Wildman–Crippen MR) is 115 cm³/mol. The average molecular weight is 383 g/mol. The smallest absolute Gasteiger partial charge is 0.141 e. The van der Waals surface area contributed by atoms with E-state index in [1.807, 2.05) is 26.1 Å². The van der Waals surface area contributed by atoms with Crippen LogP contribution in [0.25, 0.3) is 44.2 Å². The molecule has 0 spiro atoms. The predicted octanol–water partition coefficient (Wildman–Crippen LogP) is 5.97. The van der Waals surface area contributed by atoms with Gasteiger partial charge in [-0.05, 0) is 45.0 Å². The zero-order valence-corrected chi connectivity index (χ0v) is 16.8. The third-order valence-electron chi connectivity index (χ3n) is 5.42. The van der Waals surface area contributed by atoms with Gasteiger partial charge in [-0.3, -0.25) is 4.98 Å². The van der Waals surface area contributed by atoms with Gasteiger partial charge in [0.25, 0.3) is 0 Å². The van der Waals surface area contributed by atoms with Gasteiger partial charge in [-0.2, -0.15) is 0 Å². The van der Waals surface area contributed by atoms with Crippen LogP contribution in [0.5, 0.6) is 5.75 Å². The van der Waals surface area contributed by atoms with E-state index in [0.717, 1.165) is 61.4 Å². The second-order valence-electron chi connectivity index (χ2n) is 7.37. The van der Waals surface area contributed by atoms with Gasteiger partial charge in [-0.1, -0.05) is 28.9 Å². The maximum absolute atomic E-state index is 5.77. The van der Waals surface area contributed by atoms with E-state index in [1.165, 1.54) is 5.56 Å². The van der Waals surface area contributed by atoms with Gasteiger partial charge in [0.05, 0.1) is 29.6 Å². The van der Waals surface area contributed by atoms with Gasteiger partial charge in [0.1, 0.15) is 11.5 Å². The Labute approximate surface area is 168 Å². The summed E-state index contributed by atoms with van der Waals surface area (Å²) in [6.45, 7) is 5.96. The molecule has 29 heavy (non-hydrogen) atoms. The molecule has 0 saturated carbocycles. The van der Waals surface area contributed by atoms with Crippen molar-refractivity contribution in [1.82, 2.24) is 15.1 Å². The molecule has 2 aromatic carbocycles. The number of methoxy groups -OCH3 is 1. The fraction of sp³-hybridized carbons (Fsp3) is 0.167. The summed E-state index contributed by atoms with van der Waals surface area (Å²) in [4.78, 5) is 8.26. The van der Waals surface area contributed by atoms with Gasteiger partial charge in [-0.15, -0.1) is 0 Å². The number of nitrogens with one attached hydrogen (secondary N) is 1. The summed E-state index contributed by atoms with van der Waals surface area (Å²) in [5.41, 5.74) is 8.13. The van der Waals surface area contributed by atoms with Crippen LogP contribution < -0.4 is 4.74 Å². The third kappa shape index (κ3) is 2.70. The SMILES string of the molecule is COc1cc2c(cc1-c1c(C)noc1C)[nH]c1ccnc(-c3cccc(C)c3)c12. The van der Waals surface area contributed by atoms with Crippen molar-refractivity contribution in [1.29, 1.82) is 0 Å². The first-order chi connectivity index (χ1) is 14.1. The summed E-state index contributed by atoms with van der Waals surface area (Å²) in [5.74, 6) is 1.56. The molecular formula is C24H21N3O2. The van der Waals surface area contributed by atoms with Crippen molar-refractivity contribution in [2.45, 2.75) is 20.8 Å². The van der Waals surface area contributed by atoms with Crippen LogP contribution in [0.2, 0.25) is 0 Å². The highest BCUT2D eigenvalue weighted by Crippen LogP contribution is 2.41. The number of aryl methyl sites for hydroxylation is 3. The third-order valence-corrected chi connectivity index (χ3v) is 5.42. The van der Waals surface area contributed by atoms with E-state index >= 15 is 0 Å². The Balaban J connectivity index is 1.84. The summed E-state index contributed by atoms with van der Waals surface area (Å²) in [5, 5.41) is 6.28. The number of hydrogen-bond donors (Lipinski definition) is 1. The van der Waals surface area contributed by atoms with Crippen LogP contribution in [0, 0.1) is 20.8 Å². The van der Waals surface area contributed by atoms with Gasteiger partial charge >= 0.3 is 0 Å². The van der Waals surface area contributed by atoms with Crippen molar-refractivity contribution in [3.8, 4) is 28.1 Å². The minimum atomic E-state index is 0.776. The topological polar surface area (TPSA) is 63.9 Å². The average Bonchev–Trinajstić information content (AvgIpc) is 3.25. The molecule has 0 aliphatic rings. The Morgan fingerprint density at radius 3 is 2.59 bits per heavy atom. The zero-order chi connectivity index (χ0) is 20.1. The fourth-order valence-corrected chi connectivity index (χ4v) is 4.12. The summed E-state index contributed by atoms with van der Waals surface area (Å²) in [6.07, 6.45) is 1.85. The van der Waals surface area contributed by atoms with Gasteiger partial charge in [0.2, 0.25) is 0 Å². The number of pyridine rings is 1. The molecule has 1 N–H and O–H groups in total. The molecule has 5 nitrogen and oxygen atoms in total.